The number of nitro groups is 1. The molecule has 0 saturated heterocycles. The van der Waals surface area contributed by atoms with E-state index in [1.807, 2.05) is 0 Å². The summed E-state index contributed by atoms with van der Waals surface area (Å²) in [5.41, 5.74) is 4.14. The summed E-state index contributed by atoms with van der Waals surface area (Å²) in [5, 5.41) is 14.2. The third-order valence-electron chi connectivity index (χ3n) is 3.31. The molecule has 1 aromatic heterocycles. The zero-order valence-electron chi connectivity index (χ0n) is 12.1. The van der Waals surface area contributed by atoms with E-state index in [9.17, 15) is 19.3 Å². The molecule has 1 aromatic carbocycles. The Morgan fingerprint density at radius 3 is 2.73 bits per heavy atom. The van der Waals surface area contributed by atoms with Gasteiger partial charge in [-0.25, -0.2) is 9.37 Å². The Balaban J connectivity index is 2.38. The molecule has 0 unspecified atom stereocenters. The number of nitrogens with zero attached hydrogens (tertiary/aromatic N) is 2. The molecule has 7 nitrogen and oxygen atoms in total. The topological polar surface area (TPSA) is 111 Å². The minimum Gasteiger partial charge on any atom is -0.369 e. The standard InChI is InChI=1S/C14H15FN4O3/c1-14(2,13(16)20)7-17-11-4-3-8-5-9(15)6-10(19(21)22)12(8)18-11/h3-6H,7H2,1-2H3,(H2,16,20)(H,17,18). The fourth-order valence-corrected chi connectivity index (χ4v) is 1.82. The first-order valence-corrected chi connectivity index (χ1v) is 6.49. The number of hydrogen-bond acceptors (Lipinski definition) is 5. The number of aromatic nitrogens is 1. The number of halogens is 1. The van der Waals surface area contributed by atoms with E-state index in [0.29, 0.717) is 11.2 Å². The number of amides is 1. The van der Waals surface area contributed by atoms with Crippen molar-refractivity contribution in [1.29, 1.82) is 0 Å². The Morgan fingerprint density at radius 2 is 2.14 bits per heavy atom. The Hall–Kier alpha value is -2.77. The summed E-state index contributed by atoms with van der Waals surface area (Å²) in [4.78, 5) is 25.7. The van der Waals surface area contributed by atoms with E-state index in [2.05, 4.69) is 10.3 Å². The molecule has 22 heavy (non-hydrogen) atoms. The highest BCUT2D eigenvalue weighted by molar-refractivity contribution is 5.88. The molecule has 1 heterocycles. The van der Waals surface area contributed by atoms with Crippen LogP contribution in [0.3, 0.4) is 0 Å². The van der Waals surface area contributed by atoms with Crippen LogP contribution in [0.25, 0.3) is 10.9 Å². The number of nitrogens with two attached hydrogens (primary N) is 1. The molecule has 0 aliphatic rings. The van der Waals surface area contributed by atoms with Crippen molar-refractivity contribution >= 4 is 28.3 Å². The second kappa shape index (κ2) is 5.55. The maximum Gasteiger partial charge on any atom is 0.298 e. The lowest BCUT2D eigenvalue weighted by molar-refractivity contribution is -0.383. The van der Waals surface area contributed by atoms with Crippen LogP contribution in [0.5, 0.6) is 0 Å². The molecule has 2 aromatic rings. The molecule has 0 atom stereocenters. The van der Waals surface area contributed by atoms with Gasteiger partial charge >= 0.3 is 0 Å². The predicted molar refractivity (Wildman–Crippen MR) is 79.8 cm³/mol. The zero-order chi connectivity index (χ0) is 16.5. The zero-order valence-corrected chi connectivity index (χ0v) is 12.1. The summed E-state index contributed by atoms with van der Waals surface area (Å²) < 4.78 is 13.4. The van der Waals surface area contributed by atoms with Crippen molar-refractivity contribution in [1.82, 2.24) is 4.98 Å². The lowest BCUT2D eigenvalue weighted by atomic mass is 9.93. The summed E-state index contributed by atoms with van der Waals surface area (Å²) in [6.45, 7) is 3.55. The lowest BCUT2D eigenvalue weighted by Crippen LogP contribution is -2.37. The van der Waals surface area contributed by atoms with Crippen LogP contribution in [0.2, 0.25) is 0 Å². The number of anilines is 1. The fourth-order valence-electron chi connectivity index (χ4n) is 1.82. The van der Waals surface area contributed by atoms with Crippen molar-refractivity contribution in [2.45, 2.75) is 13.8 Å². The van der Waals surface area contributed by atoms with Gasteiger partial charge in [-0.2, -0.15) is 0 Å². The van der Waals surface area contributed by atoms with Gasteiger partial charge in [0.25, 0.3) is 5.69 Å². The van der Waals surface area contributed by atoms with Gasteiger partial charge in [0, 0.05) is 11.9 Å². The number of carbonyl (C=O) groups is 1. The number of nitrogens with one attached hydrogen (secondary N) is 1. The van der Waals surface area contributed by atoms with Crippen LogP contribution < -0.4 is 11.1 Å². The molecule has 8 heteroatoms. The second-order valence-electron chi connectivity index (χ2n) is 5.55. The molecular formula is C14H15FN4O3. The summed E-state index contributed by atoms with van der Waals surface area (Å²) in [6, 6.07) is 5.08. The number of rotatable bonds is 5. The first-order valence-electron chi connectivity index (χ1n) is 6.49. The summed E-state index contributed by atoms with van der Waals surface area (Å²) in [7, 11) is 0. The number of carbonyl (C=O) groups excluding carboxylic acids is 1. The SMILES string of the molecule is CC(C)(CNc1ccc2cc(F)cc([N+](=O)[O-])c2n1)C(N)=O. The van der Waals surface area contributed by atoms with Gasteiger partial charge in [0.15, 0.2) is 5.52 Å². The van der Waals surface area contributed by atoms with Crippen LogP contribution in [0.15, 0.2) is 24.3 Å². The maximum atomic E-state index is 13.4. The maximum absolute atomic E-state index is 13.4. The van der Waals surface area contributed by atoms with Gasteiger partial charge in [0.2, 0.25) is 5.91 Å². The molecular weight excluding hydrogens is 291 g/mol. The van der Waals surface area contributed by atoms with Crippen molar-refractivity contribution < 1.29 is 14.1 Å². The van der Waals surface area contributed by atoms with E-state index in [1.165, 1.54) is 12.1 Å². The number of nitro benzene ring substituents is 1. The van der Waals surface area contributed by atoms with Crippen LogP contribution in [0.1, 0.15) is 13.8 Å². The van der Waals surface area contributed by atoms with Gasteiger partial charge in [0.1, 0.15) is 11.6 Å². The number of pyridine rings is 1. The molecule has 0 radical (unpaired) electrons. The average molecular weight is 306 g/mol. The first-order chi connectivity index (χ1) is 10.2. The molecule has 0 spiro atoms. The minimum absolute atomic E-state index is 0.0771. The Morgan fingerprint density at radius 1 is 1.45 bits per heavy atom. The monoisotopic (exact) mass is 306 g/mol. The molecule has 0 saturated carbocycles. The van der Waals surface area contributed by atoms with Gasteiger partial charge in [-0.05, 0) is 32.0 Å². The normalized spacial score (nSPS) is 11.4. The lowest BCUT2D eigenvalue weighted by Gasteiger charge is -2.21. The third kappa shape index (κ3) is 3.11. The first kappa shape index (κ1) is 15.6. The fraction of sp³-hybridized carbons (Fsp3) is 0.286. The van der Waals surface area contributed by atoms with Crippen molar-refractivity contribution in [3.8, 4) is 0 Å². The number of non-ortho nitro benzene ring substituents is 1. The van der Waals surface area contributed by atoms with Crippen LogP contribution in [-0.2, 0) is 4.79 Å². The number of fused-ring (bicyclic) bond motifs is 1. The quantitative estimate of drug-likeness (QED) is 0.649. The van der Waals surface area contributed by atoms with Crippen LogP contribution in [0, 0.1) is 21.3 Å². The smallest absolute Gasteiger partial charge is 0.298 e. The minimum atomic E-state index is -0.800. The third-order valence-corrected chi connectivity index (χ3v) is 3.31. The van der Waals surface area contributed by atoms with Gasteiger partial charge in [-0.3, -0.25) is 14.9 Å². The molecule has 3 N–H and O–H groups in total. The van der Waals surface area contributed by atoms with E-state index >= 15 is 0 Å². The van der Waals surface area contributed by atoms with Crippen LogP contribution in [0.4, 0.5) is 15.9 Å². The van der Waals surface area contributed by atoms with E-state index < -0.39 is 27.8 Å². The van der Waals surface area contributed by atoms with E-state index in [1.54, 1.807) is 19.9 Å². The number of hydrogen-bond donors (Lipinski definition) is 2. The summed E-state index contributed by atoms with van der Waals surface area (Å²) in [5.74, 6) is -0.832. The predicted octanol–water partition coefficient (Wildman–Crippen LogP) is 2.21. The van der Waals surface area contributed by atoms with E-state index in [4.69, 9.17) is 5.73 Å². The highest BCUT2D eigenvalue weighted by atomic mass is 19.1. The van der Waals surface area contributed by atoms with Gasteiger partial charge in [-0.1, -0.05) is 0 Å². The average Bonchev–Trinajstić information content (AvgIpc) is 2.44. The Labute approximate surface area is 125 Å². The van der Waals surface area contributed by atoms with E-state index in [-0.39, 0.29) is 12.1 Å². The highest BCUT2D eigenvalue weighted by Crippen LogP contribution is 2.27. The van der Waals surface area contributed by atoms with Crippen LogP contribution in [-0.4, -0.2) is 22.4 Å². The van der Waals surface area contributed by atoms with Gasteiger partial charge in [0.05, 0.1) is 16.4 Å². The molecule has 0 fully saturated rings. The number of primary amides is 1. The number of benzene rings is 1. The molecule has 0 aliphatic carbocycles. The molecule has 2 rings (SSSR count). The van der Waals surface area contributed by atoms with Gasteiger partial charge in [-0.15, -0.1) is 0 Å². The van der Waals surface area contributed by atoms with Crippen molar-refractivity contribution in [3.05, 3.63) is 40.2 Å². The molecule has 0 aliphatic heterocycles. The largest absolute Gasteiger partial charge is 0.369 e. The molecule has 1 amide bonds. The highest BCUT2D eigenvalue weighted by Gasteiger charge is 2.25. The Bertz CT molecular complexity index is 761. The van der Waals surface area contributed by atoms with Gasteiger partial charge < -0.3 is 11.1 Å². The van der Waals surface area contributed by atoms with Crippen molar-refractivity contribution in [2.24, 2.45) is 11.1 Å². The Kier molecular flexibility index (Phi) is 3.94. The van der Waals surface area contributed by atoms with Crippen molar-refractivity contribution in [2.75, 3.05) is 11.9 Å². The summed E-state index contributed by atoms with van der Waals surface area (Å²) in [6.07, 6.45) is 0. The van der Waals surface area contributed by atoms with Crippen LogP contribution >= 0.6 is 0 Å². The molecule has 0 bridgehead atoms. The summed E-state index contributed by atoms with van der Waals surface area (Å²) >= 11 is 0. The molecule has 116 valence electrons. The van der Waals surface area contributed by atoms with E-state index in [0.717, 1.165) is 6.07 Å². The second-order valence-corrected chi connectivity index (χ2v) is 5.55. The van der Waals surface area contributed by atoms with Crippen molar-refractivity contribution in [3.63, 3.8) is 0 Å².